The Labute approximate surface area is 198 Å². The van der Waals surface area contributed by atoms with Crippen molar-refractivity contribution >= 4 is 39.1 Å². The van der Waals surface area contributed by atoms with Gasteiger partial charge >= 0.3 is 0 Å². The average Bonchev–Trinajstić information content (AvgIpc) is 3.22. The summed E-state index contributed by atoms with van der Waals surface area (Å²) in [4.78, 5) is 37.9. The Morgan fingerprint density at radius 1 is 0.909 bits per heavy atom. The quantitative estimate of drug-likeness (QED) is 0.355. The van der Waals surface area contributed by atoms with Gasteiger partial charge in [0.15, 0.2) is 0 Å². The highest BCUT2D eigenvalue weighted by Gasteiger charge is 2.27. The van der Waals surface area contributed by atoms with Gasteiger partial charge in [0.1, 0.15) is 12.1 Å². The zero-order chi connectivity index (χ0) is 23.6. The van der Waals surface area contributed by atoms with Crippen LogP contribution in [0, 0.1) is 0 Å². The van der Waals surface area contributed by atoms with Crippen LogP contribution in [-0.2, 0) is 27.2 Å². The standard InChI is InChI=1S/C26H31N3O3S/c1-2-3-5-14-24(30)28-22(16-19-17-33-23-13-9-8-12-20(19)23)26(32)29-21(25(27)31)15-18-10-6-4-7-11-18/h4,6-13,17,21-22H,2-3,5,14-16H2,1H3,(H2,27,31)(H,28,30)(H,29,32)/t21-,22-/m0/s1. The Hall–Kier alpha value is -3.19. The number of primary amides is 1. The van der Waals surface area contributed by atoms with Gasteiger partial charge in [0.25, 0.3) is 0 Å². The van der Waals surface area contributed by atoms with E-state index in [0.29, 0.717) is 19.3 Å². The van der Waals surface area contributed by atoms with Gasteiger partial charge < -0.3 is 16.4 Å². The second-order valence-corrected chi connectivity index (χ2v) is 9.10. The van der Waals surface area contributed by atoms with Crippen LogP contribution < -0.4 is 16.4 Å². The summed E-state index contributed by atoms with van der Waals surface area (Å²) in [5.41, 5.74) is 7.47. The lowest BCUT2D eigenvalue weighted by molar-refractivity contribution is -0.131. The van der Waals surface area contributed by atoms with Crippen molar-refractivity contribution in [3.63, 3.8) is 0 Å². The molecule has 3 aromatic rings. The lowest BCUT2D eigenvalue weighted by Crippen LogP contribution is -2.54. The minimum atomic E-state index is -0.862. The van der Waals surface area contributed by atoms with E-state index in [-0.39, 0.29) is 5.91 Å². The first kappa shape index (κ1) is 24.5. The number of hydrogen-bond donors (Lipinski definition) is 3. The molecule has 0 aliphatic heterocycles. The number of carbonyl (C=O) groups is 3. The van der Waals surface area contributed by atoms with E-state index in [1.807, 2.05) is 60.0 Å². The molecule has 0 radical (unpaired) electrons. The maximum Gasteiger partial charge on any atom is 0.243 e. The van der Waals surface area contributed by atoms with Crippen LogP contribution in [0.1, 0.15) is 43.7 Å². The third-order valence-electron chi connectivity index (χ3n) is 5.59. The summed E-state index contributed by atoms with van der Waals surface area (Å²) in [5, 5.41) is 8.75. The number of benzene rings is 2. The normalized spacial score (nSPS) is 12.8. The molecule has 1 aromatic heterocycles. The molecule has 33 heavy (non-hydrogen) atoms. The highest BCUT2D eigenvalue weighted by atomic mass is 32.1. The number of nitrogens with two attached hydrogens (primary N) is 1. The largest absolute Gasteiger partial charge is 0.368 e. The topological polar surface area (TPSA) is 101 Å². The lowest BCUT2D eigenvalue weighted by Gasteiger charge is -2.22. The first-order valence-corrected chi connectivity index (χ1v) is 12.2. The fraction of sp³-hybridized carbons (Fsp3) is 0.346. The highest BCUT2D eigenvalue weighted by Crippen LogP contribution is 2.26. The summed E-state index contributed by atoms with van der Waals surface area (Å²) in [5.74, 6) is -1.18. The Morgan fingerprint density at radius 3 is 2.36 bits per heavy atom. The van der Waals surface area contributed by atoms with Crippen molar-refractivity contribution in [1.29, 1.82) is 0 Å². The number of thiophene rings is 1. The Balaban J connectivity index is 1.76. The molecule has 0 saturated carbocycles. The van der Waals surface area contributed by atoms with Crippen LogP contribution in [0.15, 0.2) is 60.0 Å². The summed E-state index contributed by atoms with van der Waals surface area (Å²) < 4.78 is 1.13. The molecule has 2 atom stereocenters. The molecule has 3 amide bonds. The summed E-state index contributed by atoms with van der Waals surface area (Å²) >= 11 is 1.61. The summed E-state index contributed by atoms with van der Waals surface area (Å²) in [6.45, 7) is 2.08. The van der Waals surface area contributed by atoms with Crippen molar-refractivity contribution in [2.45, 2.75) is 57.5 Å². The predicted octanol–water partition coefficient (Wildman–Crippen LogP) is 3.72. The van der Waals surface area contributed by atoms with Gasteiger partial charge in [-0.1, -0.05) is 68.3 Å². The third kappa shape index (κ3) is 7.15. The first-order valence-electron chi connectivity index (χ1n) is 11.4. The van der Waals surface area contributed by atoms with Crippen LogP contribution in [0.25, 0.3) is 10.1 Å². The van der Waals surface area contributed by atoms with Crippen molar-refractivity contribution in [2.24, 2.45) is 5.73 Å². The number of carbonyl (C=O) groups excluding carboxylic acids is 3. The third-order valence-corrected chi connectivity index (χ3v) is 6.60. The smallest absolute Gasteiger partial charge is 0.243 e. The fourth-order valence-corrected chi connectivity index (χ4v) is 4.74. The lowest BCUT2D eigenvalue weighted by atomic mass is 10.0. The zero-order valence-electron chi connectivity index (χ0n) is 18.9. The molecule has 0 aliphatic rings. The van der Waals surface area contributed by atoms with Crippen molar-refractivity contribution in [2.75, 3.05) is 0 Å². The van der Waals surface area contributed by atoms with Crippen LogP contribution in [0.3, 0.4) is 0 Å². The van der Waals surface area contributed by atoms with Gasteiger partial charge in [0, 0.05) is 24.0 Å². The molecule has 3 rings (SSSR count). The van der Waals surface area contributed by atoms with Crippen LogP contribution in [0.5, 0.6) is 0 Å². The molecule has 0 aliphatic carbocycles. The minimum absolute atomic E-state index is 0.165. The maximum absolute atomic E-state index is 13.2. The monoisotopic (exact) mass is 465 g/mol. The van der Waals surface area contributed by atoms with E-state index in [9.17, 15) is 14.4 Å². The Bertz CT molecular complexity index is 1080. The molecule has 7 heteroatoms. The number of hydrogen-bond acceptors (Lipinski definition) is 4. The van der Waals surface area contributed by atoms with E-state index >= 15 is 0 Å². The molecule has 0 spiro atoms. The Morgan fingerprint density at radius 2 is 1.64 bits per heavy atom. The van der Waals surface area contributed by atoms with E-state index in [1.54, 1.807) is 11.3 Å². The second kappa shape index (κ2) is 12.2. The molecule has 0 saturated heterocycles. The Kier molecular flexibility index (Phi) is 9.01. The van der Waals surface area contributed by atoms with Gasteiger partial charge in [-0.25, -0.2) is 0 Å². The van der Waals surface area contributed by atoms with Crippen LogP contribution >= 0.6 is 11.3 Å². The average molecular weight is 466 g/mol. The van der Waals surface area contributed by atoms with E-state index in [0.717, 1.165) is 40.5 Å². The van der Waals surface area contributed by atoms with Crippen molar-refractivity contribution in [3.05, 3.63) is 71.1 Å². The number of fused-ring (bicyclic) bond motifs is 1. The molecule has 4 N–H and O–H groups in total. The molecule has 0 unspecified atom stereocenters. The predicted molar refractivity (Wildman–Crippen MR) is 133 cm³/mol. The van der Waals surface area contributed by atoms with Gasteiger partial charge in [-0.05, 0) is 34.4 Å². The summed E-state index contributed by atoms with van der Waals surface area (Å²) in [6, 6.07) is 15.7. The van der Waals surface area contributed by atoms with Crippen LogP contribution in [0.2, 0.25) is 0 Å². The molecule has 2 aromatic carbocycles. The highest BCUT2D eigenvalue weighted by molar-refractivity contribution is 7.17. The fourth-order valence-electron chi connectivity index (χ4n) is 3.77. The molecule has 1 heterocycles. The van der Waals surface area contributed by atoms with Gasteiger partial charge in [0.05, 0.1) is 0 Å². The molecule has 0 bridgehead atoms. The second-order valence-electron chi connectivity index (χ2n) is 8.19. The van der Waals surface area contributed by atoms with Gasteiger partial charge in [0.2, 0.25) is 17.7 Å². The molecule has 174 valence electrons. The van der Waals surface area contributed by atoms with Gasteiger partial charge in [-0.2, -0.15) is 0 Å². The van der Waals surface area contributed by atoms with Crippen LogP contribution in [-0.4, -0.2) is 29.8 Å². The van der Waals surface area contributed by atoms with Crippen molar-refractivity contribution in [3.8, 4) is 0 Å². The van der Waals surface area contributed by atoms with E-state index in [2.05, 4.69) is 17.6 Å². The van der Waals surface area contributed by atoms with E-state index < -0.39 is 23.9 Å². The molecule has 0 fully saturated rings. The number of rotatable bonds is 12. The SMILES string of the molecule is CCCCCC(=O)N[C@@H](Cc1csc2ccccc12)C(=O)N[C@@H](Cc1ccccc1)C(N)=O. The number of amides is 3. The van der Waals surface area contributed by atoms with E-state index in [4.69, 9.17) is 5.73 Å². The number of unbranched alkanes of at least 4 members (excludes halogenated alkanes) is 2. The zero-order valence-corrected chi connectivity index (χ0v) is 19.7. The number of nitrogens with one attached hydrogen (secondary N) is 2. The van der Waals surface area contributed by atoms with Crippen LogP contribution in [0.4, 0.5) is 0 Å². The molecular formula is C26H31N3O3S. The van der Waals surface area contributed by atoms with Crippen molar-refractivity contribution in [1.82, 2.24) is 10.6 Å². The van der Waals surface area contributed by atoms with Gasteiger partial charge in [-0.15, -0.1) is 11.3 Å². The summed E-state index contributed by atoms with van der Waals surface area (Å²) in [7, 11) is 0. The van der Waals surface area contributed by atoms with Gasteiger partial charge in [-0.3, -0.25) is 14.4 Å². The maximum atomic E-state index is 13.2. The molecule has 6 nitrogen and oxygen atoms in total. The molecular weight excluding hydrogens is 434 g/mol. The van der Waals surface area contributed by atoms with Crippen molar-refractivity contribution < 1.29 is 14.4 Å². The minimum Gasteiger partial charge on any atom is -0.368 e. The summed E-state index contributed by atoms with van der Waals surface area (Å²) in [6.07, 6.45) is 3.74. The van der Waals surface area contributed by atoms with E-state index in [1.165, 1.54) is 0 Å². The first-order chi connectivity index (χ1) is 16.0.